The first-order valence-electron chi connectivity index (χ1n) is 11.6. The fraction of sp³-hybridized carbons (Fsp3) is 0.286. The first kappa shape index (κ1) is 25.1. The zero-order valence-electron chi connectivity index (χ0n) is 20.1. The van der Waals surface area contributed by atoms with Gasteiger partial charge in [-0.15, -0.1) is 0 Å². The van der Waals surface area contributed by atoms with Crippen LogP contribution in [0.2, 0.25) is 0 Å². The zero-order chi connectivity index (χ0) is 24.9. The summed E-state index contributed by atoms with van der Waals surface area (Å²) in [6.45, 7) is 2.62. The third-order valence-electron chi connectivity index (χ3n) is 6.41. The molecular weight excluding hydrogens is 506 g/mol. The number of nitrogens with zero attached hydrogens (tertiary/aromatic N) is 2. The van der Waals surface area contributed by atoms with E-state index in [0.717, 1.165) is 32.7 Å². The number of halogens is 1. The Morgan fingerprint density at radius 3 is 2.57 bits per heavy atom. The van der Waals surface area contributed by atoms with E-state index in [1.165, 1.54) is 0 Å². The third kappa shape index (κ3) is 5.99. The van der Waals surface area contributed by atoms with Gasteiger partial charge >= 0.3 is 0 Å². The van der Waals surface area contributed by atoms with E-state index in [0.29, 0.717) is 18.5 Å². The van der Waals surface area contributed by atoms with Crippen molar-refractivity contribution in [3.63, 3.8) is 0 Å². The smallest absolute Gasteiger partial charge is 0.251 e. The monoisotopic (exact) mass is 535 g/mol. The van der Waals surface area contributed by atoms with Gasteiger partial charge in [0.05, 0.1) is 23.9 Å². The summed E-state index contributed by atoms with van der Waals surface area (Å²) in [5.74, 6) is 0.627. The second-order valence-electron chi connectivity index (χ2n) is 8.79. The Hall–Kier alpha value is -3.00. The minimum Gasteiger partial charge on any atom is -0.390 e. The third-order valence-corrected chi connectivity index (χ3v) is 6.94. The minimum absolute atomic E-state index is 0.0697. The van der Waals surface area contributed by atoms with Crippen LogP contribution in [0.5, 0.6) is 0 Å². The lowest BCUT2D eigenvalue weighted by Crippen LogP contribution is -2.33. The number of amidine groups is 1. The van der Waals surface area contributed by atoms with E-state index in [2.05, 4.69) is 38.3 Å². The Kier molecular flexibility index (Phi) is 8.00. The molecule has 7 heteroatoms. The molecule has 4 rings (SSSR count). The van der Waals surface area contributed by atoms with Gasteiger partial charge in [-0.05, 0) is 60.0 Å². The molecule has 0 saturated carbocycles. The van der Waals surface area contributed by atoms with E-state index in [4.69, 9.17) is 9.73 Å². The van der Waals surface area contributed by atoms with Crippen LogP contribution in [0.4, 0.5) is 5.69 Å². The van der Waals surface area contributed by atoms with Crippen molar-refractivity contribution in [2.75, 3.05) is 20.7 Å². The molecule has 0 aromatic heterocycles. The van der Waals surface area contributed by atoms with E-state index >= 15 is 0 Å². The summed E-state index contributed by atoms with van der Waals surface area (Å²) in [4.78, 5) is 19.7. The van der Waals surface area contributed by atoms with Crippen molar-refractivity contribution in [2.45, 2.75) is 31.6 Å². The summed E-state index contributed by atoms with van der Waals surface area (Å²) < 4.78 is 6.61. The Bertz CT molecular complexity index is 1200. The molecule has 0 bridgehead atoms. The predicted molar refractivity (Wildman–Crippen MR) is 142 cm³/mol. The van der Waals surface area contributed by atoms with Crippen molar-refractivity contribution in [1.82, 2.24) is 10.2 Å². The van der Waals surface area contributed by atoms with Crippen molar-refractivity contribution in [2.24, 2.45) is 4.99 Å². The zero-order valence-corrected chi connectivity index (χ0v) is 21.7. The van der Waals surface area contributed by atoms with Crippen molar-refractivity contribution < 1.29 is 14.6 Å². The number of benzene rings is 3. The molecular formula is C28H30BrN3O3. The summed E-state index contributed by atoms with van der Waals surface area (Å²) in [5, 5.41) is 13.7. The molecule has 0 saturated heterocycles. The lowest BCUT2D eigenvalue weighted by molar-refractivity contribution is 0.0858. The van der Waals surface area contributed by atoms with Crippen LogP contribution in [-0.2, 0) is 11.2 Å². The van der Waals surface area contributed by atoms with Gasteiger partial charge in [-0.3, -0.25) is 4.79 Å². The lowest BCUT2D eigenvalue weighted by atomic mass is 10.1. The van der Waals surface area contributed by atoms with Crippen LogP contribution in [0.1, 0.15) is 46.1 Å². The number of aliphatic hydroxyl groups is 1. The number of likely N-dealkylation sites (N-methyl/N-ethyl adjacent to an activating group) is 1. The average molecular weight is 536 g/mol. The van der Waals surface area contributed by atoms with Crippen LogP contribution in [0, 0.1) is 0 Å². The van der Waals surface area contributed by atoms with Gasteiger partial charge in [0.1, 0.15) is 5.84 Å². The number of methoxy groups -OCH3 is 1. The van der Waals surface area contributed by atoms with Crippen molar-refractivity contribution in [1.29, 1.82) is 0 Å². The van der Waals surface area contributed by atoms with E-state index in [1.807, 2.05) is 62.5 Å². The predicted octanol–water partition coefficient (Wildman–Crippen LogP) is 5.21. The molecule has 3 aromatic rings. The minimum atomic E-state index is -0.680. The molecule has 0 heterocycles. The second-order valence-corrected chi connectivity index (χ2v) is 9.70. The maximum absolute atomic E-state index is 12.8. The molecule has 182 valence electrons. The quantitative estimate of drug-likeness (QED) is 0.322. The number of nitrogens with one attached hydrogen (secondary N) is 1. The average Bonchev–Trinajstić information content (AvgIpc) is 3.17. The Labute approximate surface area is 214 Å². The molecule has 3 aromatic carbocycles. The standard InChI is InChI=1S/C28H30BrN3O3/c1-18(32(2)17-26(35-3)19-7-5-4-6-8-19)30-23-14-11-21-15-25(33)27(24(21)16-23)31-28(34)20-9-12-22(29)13-10-20/h4-14,16,25-27,33H,15,17H2,1-3H3,(H,31,34)/t25-,26+,27-/m1/s1. The van der Waals surface area contributed by atoms with Crippen LogP contribution in [0.15, 0.2) is 82.3 Å². The van der Waals surface area contributed by atoms with Gasteiger partial charge in [0.25, 0.3) is 5.91 Å². The highest BCUT2D eigenvalue weighted by Crippen LogP contribution is 2.34. The van der Waals surface area contributed by atoms with Crippen LogP contribution >= 0.6 is 15.9 Å². The summed E-state index contributed by atoms with van der Waals surface area (Å²) in [6.07, 6.45) is -0.253. The topological polar surface area (TPSA) is 74.2 Å². The highest BCUT2D eigenvalue weighted by Gasteiger charge is 2.32. The molecule has 1 aliphatic rings. The largest absolute Gasteiger partial charge is 0.390 e. The van der Waals surface area contributed by atoms with Crippen LogP contribution in [0.25, 0.3) is 0 Å². The number of amides is 1. The van der Waals surface area contributed by atoms with Crippen molar-refractivity contribution in [3.05, 3.63) is 99.5 Å². The fourth-order valence-electron chi connectivity index (χ4n) is 4.31. The van der Waals surface area contributed by atoms with Gasteiger partial charge in [0.15, 0.2) is 0 Å². The number of aliphatic imine (C=N–C) groups is 1. The molecule has 0 radical (unpaired) electrons. The van der Waals surface area contributed by atoms with E-state index in [-0.39, 0.29) is 12.0 Å². The number of rotatable bonds is 7. The number of fused-ring (bicyclic) bond motifs is 1. The first-order chi connectivity index (χ1) is 16.9. The normalized spacial score (nSPS) is 18.1. The molecule has 0 spiro atoms. The number of hydrogen-bond acceptors (Lipinski definition) is 4. The maximum atomic E-state index is 12.8. The van der Waals surface area contributed by atoms with Crippen LogP contribution in [0.3, 0.4) is 0 Å². The molecule has 1 amide bonds. The Morgan fingerprint density at radius 2 is 1.89 bits per heavy atom. The number of hydrogen-bond donors (Lipinski definition) is 2. The summed E-state index contributed by atoms with van der Waals surface area (Å²) in [5.41, 5.74) is 4.36. The molecule has 3 atom stereocenters. The van der Waals surface area contributed by atoms with Gasteiger partial charge < -0.3 is 20.1 Å². The fourth-order valence-corrected chi connectivity index (χ4v) is 4.58. The molecule has 6 nitrogen and oxygen atoms in total. The SMILES string of the molecule is CO[C@@H](CN(C)C(C)=Nc1ccc2c(c1)[C@@H](NC(=O)c1ccc(Br)cc1)[C@H](O)C2)c1ccccc1. The van der Waals surface area contributed by atoms with Gasteiger partial charge in [0, 0.05) is 37.2 Å². The molecule has 0 aliphatic heterocycles. The van der Waals surface area contributed by atoms with E-state index < -0.39 is 12.1 Å². The van der Waals surface area contributed by atoms with E-state index in [9.17, 15) is 9.90 Å². The highest BCUT2D eigenvalue weighted by molar-refractivity contribution is 9.10. The van der Waals surface area contributed by atoms with Gasteiger partial charge in [-0.25, -0.2) is 4.99 Å². The molecule has 2 N–H and O–H groups in total. The van der Waals surface area contributed by atoms with Gasteiger partial charge in [-0.1, -0.05) is 52.3 Å². The number of aliphatic hydroxyl groups excluding tert-OH is 1. The summed E-state index contributed by atoms with van der Waals surface area (Å²) in [6, 6.07) is 22.7. The van der Waals surface area contributed by atoms with Gasteiger partial charge in [-0.2, -0.15) is 0 Å². The number of carbonyl (C=O) groups is 1. The highest BCUT2D eigenvalue weighted by atomic mass is 79.9. The lowest BCUT2D eigenvalue weighted by Gasteiger charge is -2.25. The number of ether oxygens (including phenoxy) is 1. The van der Waals surface area contributed by atoms with Gasteiger partial charge in [0.2, 0.25) is 0 Å². The first-order valence-corrected chi connectivity index (χ1v) is 12.4. The Balaban J connectivity index is 1.49. The summed E-state index contributed by atoms with van der Waals surface area (Å²) in [7, 11) is 3.71. The van der Waals surface area contributed by atoms with Crippen LogP contribution in [-0.4, -0.2) is 48.6 Å². The molecule has 35 heavy (non-hydrogen) atoms. The van der Waals surface area contributed by atoms with Crippen molar-refractivity contribution in [3.8, 4) is 0 Å². The molecule has 0 unspecified atom stereocenters. The number of carbonyl (C=O) groups excluding carboxylic acids is 1. The molecule has 1 aliphatic carbocycles. The van der Waals surface area contributed by atoms with E-state index in [1.54, 1.807) is 19.2 Å². The van der Waals surface area contributed by atoms with Crippen LogP contribution < -0.4 is 5.32 Å². The molecule has 0 fully saturated rings. The van der Waals surface area contributed by atoms with Crippen molar-refractivity contribution >= 4 is 33.4 Å². The maximum Gasteiger partial charge on any atom is 0.251 e. The second kappa shape index (κ2) is 11.2. The Morgan fingerprint density at radius 1 is 1.17 bits per heavy atom. The summed E-state index contributed by atoms with van der Waals surface area (Å²) >= 11 is 3.39.